The van der Waals surface area contributed by atoms with Crippen molar-refractivity contribution in [3.8, 4) is 11.5 Å². The normalized spacial score (nSPS) is 19.6. The zero-order chi connectivity index (χ0) is 25.1. The minimum atomic E-state index is -0.543. The summed E-state index contributed by atoms with van der Waals surface area (Å²) >= 11 is 0. The van der Waals surface area contributed by atoms with Crippen LogP contribution < -0.4 is 20.1 Å². The molecule has 7 nitrogen and oxygen atoms in total. The first kappa shape index (κ1) is 24.3. The molecule has 1 aromatic heterocycles. The van der Waals surface area contributed by atoms with E-state index in [4.69, 9.17) is 9.47 Å². The number of aromatic nitrogens is 1. The highest BCUT2D eigenvalue weighted by atomic mass is 16.5. The van der Waals surface area contributed by atoms with Crippen molar-refractivity contribution in [2.24, 2.45) is 5.92 Å². The first-order valence-corrected chi connectivity index (χ1v) is 11.7. The number of pyridine rings is 1. The molecule has 1 aliphatic carbocycles. The molecule has 2 atom stereocenters. The highest BCUT2D eigenvalue weighted by molar-refractivity contribution is 6.09. The van der Waals surface area contributed by atoms with Gasteiger partial charge in [-0.2, -0.15) is 0 Å². The van der Waals surface area contributed by atoms with Gasteiger partial charge >= 0.3 is 0 Å². The predicted molar refractivity (Wildman–Crippen MR) is 135 cm³/mol. The summed E-state index contributed by atoms with van der Waals surface area (Å²) < 4.78 is 11.3. The van der Waals surface area contributed by atoms with Gasteiger partial charge in [0, 0.05) is 40.6 Å². The SMILES string of the molecule is C=CCOc1ccc([C@@H]2C(C(=O)Nc3cccc(C)n3)=C(C)NC3=C2C(=O)C[C@@H](C)C3)cc1OC. The fourth-order valence-electron chi connectivity index (χ4n) is 4.80. The lowest BCUT2D eigenvalue weighted by molar-refractivity contribution is -0.117. The maximum Gasteiger partial charge on any atom is 0.255 e. The molecule has 0 radical (unpaired) electrons. The molecule has 1 amide bonds. The topological polar surface area (TPSA) is 89.5 Å². The minimum absolute atomic E-state index is 0.0497. The minimum Gasteiger partial charge on any atom is -0.493 e. The first-order valence-electron chi connectivity index (χ1n) is 11.7. The molecule has 0 bridgehead atoms. The molecule has 2 N–H and O–H groups in total. The van der Waals surface area contributed by atoms with Crippen molar-refractivity contribution in [3.63, 3.8) is 0 Å². The van der Waals surface area contributed by atoms with Crippen LogP contribution in [0.1, 0.15) is 43.9 Å². The van der Waals surface area contributed by atoms with E-state index >= 15 is 0 Å². The van der Waals surface area contributed by atoms with Crippen molar-refractivity contribution in [1.82, 2.24) is 10.3 Å². The van der Waals surface area contributed by atoms with Gasteiger partial charge in [-0.1, -0.05) is 31.7 Å². The summed E-state index contributed by atoms with van der Waals surface area (Å²) in [7, 11) is 1.57. The number of Topliss-reactive ketones (excluding diaryl/α,β-unsaturated/α-hetero) is 1. The third-order valence-corrected chi connectivity index (χ3v) is 6.28. The van der Waals surface area contributed by atoms with Crippen LogP contribution in [-0.2, 0) is 9.59 Å². The van der Waals surface area contributed by atoms with E-state index in [9.17, 15) is 9.59 Å². The van der Waals surface area contributed by atoms with E-state index in [2.05, 4.69) is 29.1 Å². The quantitative estimate of drug-likeness (QED) is 0.561. The van der Waals surface area contributed by atoms with E-state index < -0.39 is 5.92 Å². The van der Waals surface area contributed by atoms with Gasteiger partial charge in [-0.25, -0.2) is 4.98 Å². The zero-order valence-electron chi connectivity index (χ0n) is 20.6. The number of aryl methyl sites for hydroxylation is 1. The molecule has 0 unspecified atom stereocenters. The van der Waals surface area contributed by atoms with Crippen LogP contribution in [0.25, 0.3) is 0 Å². The Morgan fingerprint density at radius 2 is 2.03 bits per heavy atom. The lowest BCUT2D eigenvalue weighted by atomic mass is 9.73. The third kappa shape index (κ3) is 4.99. The fourth-order valence-corrected chi connectivity index (χ4v) is 4.80. The van der Waals surface area contributed by atoms with E-state index in [1.165, 1.54) is 0 Å². The van der Waals surface area contributed by atoms with Crippen LogP contribution in [-0.4, -0.2) is 30.4 Å². The van der Waals surface area contributed by atoms with Crippen molar-refractivity contribution in [2.45, 2.75) is 39.5 Å². The molecular weight excluding hydrogens is 442 g/mol. The number of methoxy groups -OCH3 is 1. The summed E-state index contributed by atoms with van der Waals surface area (Å²) in [5.41, 5.74) is 4.30. The first-order chi connectivity index (χ1) is 16.8. The zero-order valence-corrected chi connectivity index (χ0v) is 20.6. The molecule has 35 heavy (non-hydrogen) atoms. The Balaban J connectivity index is 1.81. The van der Waals surface area contributed by atoms with Gasteiger partial charge < -0.3 is 20.1 Å². The van der Waals surface area contributed by atoms with Crippen molar-refractivity contribution in [2.75, 3.05) is 19.0 Å². The second-order valence-electron chi connectivity index (χ2n) is 9.05. The average molecular weight is 474 g/mol. The Hall–Kier alpha value is -3.87. The molecule has 7 heteroatoms. The van der Waals surface area contributed by atoms with Crippen LogP contribution in [0.15, 0.2) is 71.6 Å². The Labute approximate surface area is 205 Å². The van der Waals surface area contributed by atoms with Gasteiger partial charge in [0.2, 0.25) is 0 Å². The van der Waals surface area contributed by atoms with Crippen molar-refractivity contribution in [1.29, 1.82) is 0 Å². The number of hydrogen-bond acceptors (Lipinski definition) is 6. The largest absolute Gasteiger partial charge is 0.493 e. The maximum absolute atomic E-state index is 13.6. The van der Waals surface area contributed by atoms with Crippen LogP contribution in [0, 0.1) is 12.8 Å². The second kappa shape index (κ2) is 10.2. The Morgan fingerprint density at radius 1 is 1.23 bits per heavy atom. The van der Waals surface area contributed by atoms with Crippen molar-refractivity contribution >= 4 is 17.5 Å². The molecule has 0 saturated heterocycles. The van der Waals surface area contributed by atoms with Gasteiger partial charge in [-0.15, -0.1) is 0 Å². The molecular formula is C28H31N3O4. The highest BCUT2D eigenvalue weighted by Crippen LogP contribution is 2.45. The van der Waals surface area contributed by atoms with Gasteiger partial charge in [-0.3, -0.25) is 9.59 Å². The number of nitrogens with zero attached hydrogens (tertiary/aromatic N) is 1. The van der Waals surface area contributed by atoms with Gasteiger partial charge in [0.25, 0.3) is 5.91 Å². The maximum atomic E-state index is 13.6. The summed E-state index contributed by atoms with van der Waals surface area (Å²) in [5, 5.41) is 6.29. The van der Waals surface area contributed by atoms with E-state index in [0.717, 1.165) is 23.4 Å². The van der Waals surface area contributed by atoms with Crippen LogP contribution in [0.3, 0.4) is 0 Å². The van der Waals surface area contributed by atoms with E-state index in [1.54, 1.807) is 19.3 Å². The van der Waals surface area contributed by atoms with E-state index in [1.807, 2.05) is 44.2 Å². The molecule has 2 heterocycles. The number of allylic oxidation sites excluding steroid dienone is 3. The summed E-state index contributed by atoms with van der Waals surface area (Å²) in [6.45, 7) is 9.83. The standard InChI is InChI=1S/C28H31N3O4/c1-6-12-35-22-11-10-19(15-23(22)34-5)26-25(28(33)31-24-9-7-8-17(3)29-24)18(4)30-20-13-16(2)14-21(32)27(20)26/h6-11,15-16,26,30H,1,12-14H2,2-5H3,(H,29,31,33)/t16-,26+/m0/s1. The number of anilines is 1. The summed E-state index contributed by atoms with van der Waals surface area (Å²) in [5.74, 6) is 0.994. The molecule has 1 aromatic carbocycles. The van der Waals surface area contributed by atoms with Gasteiger partial charge in [0.05, 0.1) is 7.11 Å². The fraction of sp³-hybridized carbons (Fsp3) is 0.321. The Morgan fingerprint density at radius 3 is 2.74 bits per heavy atom. The van der Waals surface area contributed by atoms with Gasteiger partial charge in [-0.05, 0) is 56.0 Å². The number of dihydropyridines is 1. The molecule has 0 fully saturated rings. The number of nitrogens with one attached hydrogen (secondary N) is 2. The third-order valence-electron chi connectivity index (χ3n) is 6.28. The summed E-state index contributed by atoms with van der Waals surface area (Å²) in [4.78, 5) is 31.4. The van der Waals surface area contributed by atoms with Crippen LogP contribution in [0.5, 0.6) is 11.5 Å². The molecule has 2 aromatic rings. The number of amides is 1. The number of carbonyl (C=O) groups excluding carboxylic acids is 2. The number of hydrogen-bond donors (Lipinski definition) is 2. The molecule has 1 aliphatic heterocycles. The van der Waals surface area contributed by atoms with Crippen molar-refractivity contribution in [3.05, 3.63) is 82.9 Å². The lowest BCUT2D eigenvalue weighted by Crippen LogP contribution is -2.37. The predicted octanol–water partition coefficient (Wildman–Crippen LogP) is 4.82. The van der Waals surface area contributed by atoms with Crippen molar-refractivity contribution < 1.29 is 19.1 Å². The second-order valence-corrected chi connectivity index (χ2v) is 9.05. The Kier molecular flexibility index (Phi) is 7.05. The number of benzene rings is 1. The molecule has 0 spiro atoms. The average Bonchev–Trinajstić information content (AvgIpc) is 2.81. The molecule has 0 saturated carbocycles. The molecule has 2 aliphatic rings. The van der Waals surface area contributed by atoms with Crippen LogP contribution in [0.4, 0.5) is 5.82 Å². The number of rotatable bonds is 7. The van der Waals surface area contributed by atoms with Crippen LogP contribution >= 0.6 is 0 Å². The van der Waals surface area contributed by atoms with E-state index in [0.29, 0.717) is 47.2 Å². The summed E-state index contributed by atoms with van der Waals surface area (Å²) in [6.07, 6.45) is 2.86. The number of carbonyl (C=O) groups is 2. The van der Waals surface area contributed by atoms with E-state index in [-0.39, 0.29) is 17.6 Å². The summed E-state index contributed by atoms with van der Waals surface area (Å²) in [6, 6.07) is 11.0. The number of ketones is 1. The molecule has 182 valence electrons. The van der Waals surface area contributed by atoms with Gasteiger partial charge in [0.15, 0.2) is 17.3 Å². The van der Waals surface area contributed by atoms with Gasteiger partial charge in [0.1, 0.15) is 12.4 Å². The monoisotopic (exact) mass is 473 g/mol. The van der Waals surface area contributed by atoms with Crippen LogP contribution in [0.2, 0.25) is 0 Å². The molecule has 4 rings (SSSR count). The number of ether oxygens (including phenoxy) is 2. The highest BCUT2D eigenvalue weighted by Gasteiger charge is 2.40. The lowest BCUT2D eigenvalue weighted by Gasteiger charge is -2.36. The Bertz CT molecular complexity index is 1240. The smallest absolute Gasteiger partial charge is 0.255 e.